The number of rotatable bonds is 5. The molecule has 1 aromatic heterocycles. The Bertz CT molecular complexity index is 789. The van der Waals surface area contributed by atoms with E-state index in [1.165, 1.54) is 6.92 Å². The van der Waals surface area contributed by atoms with Crippen molar-refractivity contribution in [1.82, 2.24) is 5.16 Å². The average molecular weight is 312 g/mol. The minimum absolute atomic E-state index is 0.00193. The molecule has 0 aliphatic rings. The van der Waals surface area contributed by atoms with E-state index >= 15 is 0 Å². The third kappa shape index (κ3) is 3.95. The van der Waals surface area contributed by atoms with Crippen molar-refractivity contribution in [2.75, 3.05) is 23.8 Å². The topological polar surface area (TPSA) is 99.2 Å². The van der Waals surface area contributed by atoms with E-state index in [9.17, 15) is 14.9 Å². The van der Waals surface area contributed by atoms with E-state index in [0.717, 1.165) is 0 Å². The van der Waals surface area contributed by atoms with Gasteiger partial charge in [-0.1, -0.05) is 5.16 Å². The van der Waals surface area contributed by atoms with E-state index < -0.39 is 0 Å². The third-order valence-corrected chi connectivity index (χ3v) is 3.21. The predicted octanol–water partition coefficient (Wildman–Crippen LogP) is 2.13. The number of nitrogens with zero attached hydrogens (tertiary/aromatic N) is 3. The van der Waals surface area contributed by atoms with Gasteiger partial charge in [0.15, 0.2) is 11.6 Å². The lowest BCUT2D eigenvalue weighted by Gasteiger charge is -2.20. The number of hydrogen-bond donors (Lipinski definition) is 1. The van der Waals surface area contributed by atoms with Gasteiger partial charge in [0.25, 0.3) is 0 Å². The molecule has 0 spiro atoms. The Morgan fingerprint density at radius 1 is 1.39 bits per heavy atom. The number of aryl methyl sites for hydroxylation is 1. The highest BCUT2D eigenvalue weighted by Gasteiger charge is 2.14. The molecular formula is C16H16N4O3. The molecule has 2 rings (SSSR count). The predicted molar refractivity (Wildman–Crippen MR) is 84.3 cm³/mol. The number of carbonyl (C=O) groups excluding carboxylic acids is 2. The van der Waals surface area contributed by atoms with Crippen LogP contribution < -0.4 is 10.2 Å². The van der Waals surface area contributed by atoms with Crippen LogP contribution in [0.1, 0.15) is 28.6 Å². The second-order valence-electron chi connectivity index (χ2n) is 5.13. The van der Waals surface area contributed by atoms with Gasteiger partial charge in [-0.05, 0) is 32.0 Å². The first-order valence-corrected chi connectivity index (χ1v) is 6.90. The number of nitriles is 1. The number of nitrogens with one attached hydrogen (secondary N) is 1. The summed E-state index contributed by atoms with van der Waals surface area (Å²) in [6.45, 7) is 3.17. The Hall–Kier alpha value is -3.14. The van der Waals surface area contributed by atoms with Crippen LogP contribution in [0.15, 0.2) is 28.8 Å². The van der Waals surface area contributed by atoms with Crippen molar-refractivity contribution in [2.45, 2.75) is 13.8 Å². The Morgan fingerprint density at radius 2 is 2.13 bits per heavy atom. The molecule has 0 aliphatic carbocycles. The van der Waals surface area contributed by atoms with Gasteiger partial charge < -0.3 is 14.7 Å². The lowest BCUT2D eigenvalue weighted by Crippen LogP contribution is -2.30. The highest BCUT2D eigenvalue weighted by Crippen LogP contribution is 2.21. The largest absolute Gasteiger partial charge is 0.364 e. The van der Waals surface area contributed by atoms with E-state index in [4.69, 9.17) is 4.52 Å². The molecular weight excluding hydrogens is 296 g/mol. The molecule has 1 aromatic carbocycles. The van der Waals surface area contributed by atoms with Crippen molar-refractivity contribution >= 4 is 23.2 Å². The van der Waals surface area contributed by atoms with Crippen molar-refractivity contribution in [3.63, 3.8) is 0 Å². The van der Waals surface area contributed by atoms with E-state index in [1.807, 2.05) is 0 Å². The van der Waals surface area contributed by atoms with E-state index in [1.54, 1.807) is 43.1 Å². The quantitative estimate of drug-likeness (QED) is 0.849. The molecule has 0 atom stereocenters. The molecule has 23 heavy (non-hydrogen) atoms. The molecule has 0 radical (unpaired) electrons. The first-order valence-electron chi connectivity index (χ1n) is 6.90. The van der Waals surface area contributed by atoms with Crippen LogP contribution in [0.4, 0.5) is 11.5 Å². The number of hydrogen-bond acceptors (Lipinski definition) is 6. The molecule has 2 aromatic rings. The molecule has 1 amide bonds. The van der Waals surface area contributed by atoms with Crippen molar-refractivity contribution in [1.29, 1.82) is 5.26 Å². The van der Waals surface area contributed by atoms with Crippen LogP contribution in [0, 0.1) is 18.3 Å². The zero-order valence-corrected chi connectivity index (χ0v) is 13.1. The van der Waals surface area contributed by atoms with Gasteiger partial charge in [-0.15, -0.1) is 0 Å². The summed E-state index contributed by atoms with van der Waals surface area (Å²) >= 11 is 0. The van der Waals surface area contributed by atoms with Crippen LogP contribution in [0.25, 0.3) is 0 Å². The summed E-state index contributed by atoms with van der Waals surface area (Å²) < 4.78 is 4.87. The summed E-state index contributed by atoms with van der Waals surface area (Å²) in [4.78, 5) is 25.1. The number of likely N-dealkylation sites (N-methyl/N-ethyl adjacent to an activating group) is 1. The van der Waals surface area contributed by atoms with Crippen molar-refractivity contribution < 1.29 is 14.1 Å². The van der Waals surface area contributed by atoms with Gasteiger partial charge in [0.1, 0.15) is 11.8 Å². The fourth-order valence-corrected chi connectivity index (χ4v) is 2.07. The minimum atomic E-state index is -0.307. The molecule has 118 valence electrons. The Kier molecular flexibility index (Phi) is 4.76. The van der Waals surface area contributed by atoms with Gasteiger partial charge in [-0.3, -0.25) is 9.59 Å². The van der Waals surface area contributed by atoms with Gasteiger partial charge in [0, 0.05) is 18.7 Å². The van der Waals surface area contributed by atoms with Gasteiger partial charge in [-0.2, -0.15) is 5.26 Å². The molecule has 1 heterocycles. The molecule has 7 nitrogen and oxygen atoms in total. The summed E-state index contributed by atoms with van der Waals surface area (Å²) in [7, 11) is 1.67. The fourth-order valence-electron chi connectivity index (χ4n) is 2.07. The van der Waals surface area contributed by atoms with Crippen molar-refractivity contribution in [3.8, 4) is 6.07 Å². The molecule has 0 saturated carbocycles. The van der Waals surface area contributed by atoms with Crippen LogP contribution in [-0.4, -0.2) is 30.4 Å². The van der Waals surface area contributed by atoms with Crippen LogP contribution in [0.5, 0.6) is 0 Å². The first kappa shape index (κ1) is 16.2. The van der Waals surface area contributed by atoms with Gasteiger partial charge in [0.05, 0.1) is 17.8 Å². The zero-order chi connectivity index (χ0) is 17.0. The number of amides is 1. The maximum absolute atomic E-state index is 12.0. The number of benzene rings is 1. The Balaban J connectivity index is 2.14. The molecule has 0 bridgehead atoms. The monoisotopic (exact) mass is 312 g/mol. The number of ketones is 1. The summed E-state index contributed by atoms with van der Waals surface area (Å²) in [6, 6.07) is 8.43. The second kappa shape index (κ2) is 6.75. The molecule has 0 unspecified atom stereocenters. The molecule has 1 N–H and O–H groups in total. The Morgan fingerprint density at radius 3 is 2.70 bits per heavy atom. The minimum Gasteiger partial charge on any atom is -0.364 e. The number of carbonyl (C=O) groups is 2. The van der Waals surface area contributed by atoms with Crippen molar-refractivity contribution in [3.05, 3.63) is 41.2 Å². The molecule has 0 fully saturated rings. The summed E-state index contributed by atoms with van der Waals surface area (Å²) in [5.74, 6) is 0.512. The highest BCUT2D eigenvalue weighted by atomic mass is 16.5. The van der Waals surface area contributed by atoms with E-state index in [0.29, 0.717) is 28.4 Å². The number of Topliss-reactive ketones (excluding diaryl/α,β-unsaturated/α-hetero) is 1. The normalized spacial score (nSPS) is 10.0. The smallest absolute Gasteiger partial charge is 0.245 e. The Labute approximate surface area is 133 Å². The van der Waals surface area contributed by atoms with Gasteiger partial charge in [-0.25, -0.2) is 0 Å². The van der Waals surface area contributed by atoms with Gasteiger partial charge in [0.2, 0.25) is 5.91 Å². The highest BCUT2D eigenvalue weighted by molar-refractivity contribution is 5.96. The number of anilines is 2. The molecule has 0 aliphatic heterocycles. The molecule has 0 saturated heterocycles. The molecule has 7 heteroatoms. The standard InChI is InChI=1S/C16H16N4O3/c1-10-6-15(19-23-10)18-16(22)9-20(3)14-7-12(11(2)21)4-5-13(14)8-17/h4-7H,9H2,1-3H3,(H,18,19,22). The van der Waals surface area contributed by atoms with E-state index in [2.05, 4.69) is 16.5 Å². The lowest BCUT2D eigenvalue weighted by atomic mass is 10.1. The van der Waals surface area contributed by atoms with Crippen LogP contribution in [-0.2, 0) is 4.79 Å². The van der Waals surface area contributed by atoms with Crippen LogP contribution in [0.3, 0.4) is 0 Å². The third-order valence-electron chi connectivity index (χ3n) is 3.21. The number of aromatic nitrogens is 1. The van der Waals surface area contributed by atoms with Gasteiger partial charge >= 0.3 is 0 Å². The van der Waals surface area contributed by atoms with E-state index in [-0.39, 0.29) is 18.2 Å². The maximum Gasteiger partial charge on any atom is 0.245 e. The average Bonchev–Trinajstić information content (AvgIpc) is 2.91. The van der Waals surface area contributed by atoms with Crippen LogP contribution in [0.2, 0.25) is 0 Å². The zero-order valence-electron chi connectivity index (χ0n) is 13.1. The maximum atomic E-state index is 12.0. The fraction of sp³-hybridized carbons (Fsp3) is 0.250. The lowest BCUT2D eigenvalue weighted by molar-refractivity contribution is -0.115. The summed E-state index contributed by atoms with van der Waals surface area (Å²) in [5.41, 5.74) is 1.40. The second-order valence-corrected chi connectivity index (χ2v) is 5.13. The van der Waals surface area contributed by atoms with Crippen LogP contribution >= 0.6 is 0 Å². The summed E-state index contributed by atoms with van der Waals surface area (Å²) in [5, 5.41) is 15.5. The van der Waals surface area contributed by atoms with Crippen molar-refractivity contribution in [2.24, 2.45) is 0 Å². The first-order chi connectivity index (χ1) is 10.9. The SMILES string of the molecule is CC(=O)c1ccc(C#N)c(N(C)CC(=O)Nc2cc(C)on2)c1. The summed E-state index contributed by atoms with van der Waals surface area (Å²) in [6.07, 6.45) is 0.